The Kier molecular flexibility index (Phi) is 7.69. The lowest BCUT2D eigenvalue weighted by Gasteiger charge is -2.35. The van der Waals surface area contributed by atoms with Gasteiger partial charge in [-0.05, 0) is 79.3 Å². The Hall–Kier alpha value is -3.51. The first-order valence-electron chi connectivity index (χ1n) is 14.6. The Morgan fingerprint density at radius 2 is 1.71 bits per heavy atom. The molecule has 0 spiro atoms. The molecular weight excluding hydrogens is 528 g/mol. The predicted octanol–water partition coefficient (Wildman–Crippen LogP) is 7.48. The summed E-state index contributed by atoms with van der Waals surface area (Å²) in [6.07, 6.45) is 11.0. The van der Waals surface area contributed by atoms with E-state index in [1.54, 1.807) is 4.90 Å². The average molecular weight is 567 g/mol. The number of allylic oxidation sites excluding steroid dienone is 3. The summed E-state index contributed by atoms with van der Waals surface area (Å²) in [6, 6.07) is 19.0. The molecule has 2 unspecified atom stereocenters. The fourth-order valence-electron chi connectivity index (χ4n) is 5.84. The Labute approximate surface area is 247 Å². The first-order chi connectivity index (χ1) is 19.8. The quantitative estimate of drug-likeness (QED) is 0.364. The number of amides is 2. The normalized spacial score (nSPS) is 21.9. The van der Waals surface area contributed by atoms with Crippen molar-refractivity contribution >= 4 is 29.3 Å². The highest BCUT2D eigenvalue weighted by molar-refractivity contribution is 8.03. The molecule has 6 heteroatoms. The van der Waals surface area contributed by atoms with Gasteiger partial charge in [0.15, 0.2) is 0 Å². The molecule has 5 nitrogen and oxygen atoms in total. The van der Waals surface area contributed by atoms with Crippen molar-refractivity contribution in [3.05, 3.63) is 101 Å². The molecule has 2 heterocycles. The first kappa shape index (κ1) is 27.6. The molecule has 2 atom stereocenters. The van der Waals surface area contributed by atoms with Gasteiger partial charge in [0.1, 0.15) is 5.60 Å². The van der Waals surface area contributed by atoms with E-state index in [2.05, 4.69) is 71.0 Å². The minimum absolute atomic E-state index is 0.0468. The fraction of sp³-hybridized carbons (Fsp3) is 0.371. The average Bonchev–Trinajstić information content (AvgIpc) is 3.74. The Balaban J connectivity index is 1.34. The van der Waals surface area contributed by atoms with Crippen molar-refractivity contribution in [2.24, 2.45) is 5.92 Å². The third-order valence-corrected chi connectivity index (χ3v) is 9.27. The molecule has 4 aliphatic rings. The van der Waals surface area contributed by atoms with E-state index in [0.717, 1.165) is 35.1 Å². The van der Waals surface area contributed by atoms with Gasteiger partial charge in [-0.2, -0.15) is 0 Å². The molecule has 6 rings (SSSR count). The summed E-state index contributed by atoms with van der Waals surface area (Å²) in [7, 11) is 0. The summed E-state index contributed by atoms with van der Waals surface area (Å²) in [5.74, 6) is 0.380. The molecule has 0 N–H and O–H groups in total. The maximum Gasteiger partial charge on any atom is 0.410 e. The van der Waals surface area contributed by atoms with Crippen molar-refractivity contribution in [2.45, 2.75) is 56.9 Å². The number of ether oxygens (including phenoxy) is 1. The second-order valence-electron chi connectivity index (χ2n) is 12.3. The van der Waals surface area contributed by atoms with Crippen LogP contribution in [0.2, 0.25) is 0 Å². The predicted molar refractivity (Wildman–Crippen MR) is 167 cm³/mol. The Morgan fingerprint density at radius 3 is 2.46 bits per heavy atom. The smallest absolute Gasteiger partial charge is 0.410 e. The van der Waals surface area contributed by atoms with Crippen molar-refractivity contribution < 1.29 is 14.3 Å². The monoisotopic (exact) mass is 566 g/mol. The zero-order valence-electron chi connectivity index (χ0n) is 24.1. The number of fused-ring (bicyclic) bond motifs is 1. The molecular formula is C35H38N2O3S. The number of thioether (sulfide) groups is 1. The topological polar surface area (TPSA) is 49.9 Å². The zero-order valence-corrected chi connectivity index (χ0v) is 24.9. The second kappa shape index (κ2) is 11.4. The van der Waals surface area contributed by atoms with Crippen LogP contribution >= 0.6 is 11.8 Å². The van der Waals surface area contributed by atoms with E-state index in [9.17, 15) is 9.59 Å². The van der Waals surface area contributed by atoms with Crippen LogP contribution in [0.3, 0.4) is 0 Å². The van der Waals surface area contributed by atoms with E-state index in [-0.39, 0.29) is 24.6 Å². The molecule has 212 valence electrons. The second-order valence-corrected chi connectivity index (χ2v) is 13.4. The highest BCUT2D eigenvalue weighted by Gasteiger charge is 2.40. The molecule has 0 aromatic heterocycles. The van der Waals surface area contributed by atoms with Crippen LogP contribution < -0.4 is 0 Å². The molecule has 0 bridgehead atoms. The van der Waals surface area contributed by atoms with Gasteiger partial charge in [-0.1, -0.05) is 72.8 Å². The van der Waals surface area contributed by atoms with Gasteiger partial charge in [0.2, 0.25) is 0 Å². The SMILES string of the molecule is CC(C)(C)OC(=O)N1CCC(c2cccc(-c3ccccc3)c2)=C(C(=O)N(CC2=CSC3C=CC=CC23)C2CC2)C1. The van der Waals surface area contributed by atoms with Crippen LogP contribution in [-0.4, -0.2) is 58.3 Å². The number of benzene rings is 2. The van der Waals surface area contributed by atoms with Crippen LogP contribution in [0, 0.1) is 5.92 Å². The van der Waals surface area contributed by atoms with Crippen LogP contribution in [0.15, 0.2) is 95.5 Å². The molecule has 2 aromatic carbocycles. The summed E-state index contributed by atoms with van der Waals surface area (Å²) < 4.78 is 5.72. The van der Waals surface area contributed by atoms with E-state index in [1.165, 1.54) is 5.57 Å². The van der Waals surface area contributed by atoms with Crippen LogP contribution in [0.5, 0.6) is 0 Å². The Morgan fingerprint density at radius 1 is 0.976 bits per heavy atom. The summed E-state index contributed by atoms with van der Waals surface area (Å²) in [6.45, 7) is 7.03. The van der Waals surface area contributed by atoms with Crippen molar-refractivity contribution in [2.75, 3.05) is 19.6 Å². The minimum Gasteiger partial charge on any atom is -0.444 e. The maximum absolute atomic E-state index is 14.5. The third kappa shape index (κ3) is 6.23. The number of carbonyl (C=O) groups excluding carboxylic acids is 2. The van der Waals surface area contributed by atoms with Gasteiger partial charge in [0.25, 0.3) is 5.91 Å². The fourth-order valence-corrected chi connectivity index (χ4v) is 7.02. The van der Waals surface area contributed by atoms with Gasteiger partial charge in [-0.25, -0.2) is 4.79 Å². The van der Waals surface area contributed by atoms with Crippen molar-refractivity contribution in [3.8, 4) is 11.1 Å². The summed E-state index contributed by atoms with van der Waals surface area (Å²) in [5, 5.41) is 2.67. The van der Waals surface area contributed by atoms with Gasteiger partial charge < -0.3 is 14.5 Å². The van der Waals surface area contributed by atoms with E-state index in [1.807, 2.05) is 50.7 Å². The van der Waals surface area contributed by atoms with E-state index < -0.39 is 5.60 Å². The summed E-state index contributed by atoms with van der Waals surface area (Å²) in [4.78, 5) is 31.5. The van der Waals surface area contributed by atoms with E-state index in [4.69, 9.17) is 4.74 Å². The van der Waals surface area contributed by atoms with Gasteiger partial charge in [-0.3, -0.25) is 4.79 Å². The molecule has 2 aromatic rings. The molecule has 41 heavy (non-hydrogen) atoms. The molecule has 1 fully saturated rings. The summed E-state index contributed by atoms with van der Waals surface area (Å²) >= 11 is 1.84. The largest absolute Gasteiger partial charge is 0.444 e. The molecule has 1 saturated carbocycles. The van der Waals surface area contributed by atoms with Crippen LogP contribution in [0.25, 0.3) is 16.7 Å². The van der Waals surface area contributed by atoms with Crippen molar-refractivity contribution in [3.63, 3.8) is 0 Å². The molecule has 0 radical (unpaired) electrons. The zero-order chi connectivity index (χ0) is 28.6. The first-order valence-corrected chi connectivity index (χ1v) is 15.6. The Bertz CT molecular complexity index is 1450. The van der Waals surface area contributed by atoms with Gasteiger partial charge in [0.05, 0.1) is 6.54 Å². The van der Waals surface area contributed by atoms with E-state index >= 15 is 0 Å². The molecule has 2 amide bonds. The van der Waals surface area contributed by atoms with Crippen LogP contribution in [0.4, 0.5) is 4.79 Å². The van der Waals surface area contributed by atoms with Crippen molar-refractivity contribution in [1.29, 1.82) is 0 Å². The number of hydrogen-bond acceptors (Lipinski definition) is 4. The number of nitrogens with zero attached hydrogens (tertiary/aromatic N) is 2. The number of rotatable bonds is 6. The van der Waals surface area contributed by atoms with Gasteiger partial charge in [0, 0.05) is 35.9 Å². The third-order valence-electron chi connectivity index (χ3n) is 8.06. The number of hydrogen-bond donors (Lipinski definition) is 0. The summed E-state index contributed by atoms with van der Waals surface area (Å²) in [5.41, 5.74) is 5.75. The van der Waals surface area contributed by atoms with E-state index in [0.29, 0.717) is 36.3 Å². The maximum atomic E-state index is 14.5. The van der Waals surface area contributed by atoms with Crippen molar-refractivity contribution in [1.82, 2.24) is 9.80 Å². The van der Waals surface area contributed by atoms with Crippen LogP contribution in [-0.2, 0) is 9.53 Å². The number of carbonyl (C=O) groups is 2. The highest BCUT2D eigenvalue weighted by Crippen LogP contribution is 2.42. The van der Waals surface area contributed by atoms with Gasteiger partial charge in [-0.15, -0.1) is 11.8 Å². The lowest BCUT2D eigenvalue weighted by atomic mass is 9.90. The van der Waals surface area contributed by atoms with Gasteiger partial charge >= 0.3 is 6.09 Å². The lowest BCUT2D eigenvalue weighted by molar-refractivity contribution is -0.127. The standard InChI is InChI=1S/C35H38N2O3S/c1-35(2,3)40-34(39)36-19-18-29(26-13-9-12-25(20-26)24-10-5-4-6-11-24)31(22-36)33(38)37(28-16-17-28)21-27-23-41-32-15-8-7-14-30(27)32/h4-15,20,23,28,30,32H,16-19,21-22H2,1-3H3. The lowest BCUT2D eigenvalue weighted by Crippen LogP contribution is -2.45. The molecule has 2 aliphatic carbocycles. The minimum atomic E-state index is -0.597. The van der Waals surface area contributed by atoms with Crippen LogP contribution in [0.1, 0.15) is 45.6 Å². The molecule has 2 aliphatic heterocycles. The molecule has 0 saturated heterocycles. The highest BCUT2D eigenvalue weighted by atomic mass is 32.2.